The third-order valence-electron chi connectivity index (χ3n) is 4.14. The topological polar surface area (TPSA) is 38.7 Å². The van der Waals surface area contributed by atoms with Gasteiger partial charge in [0.25, 0.3) is 0 Å². The van der Waals surface area contributed by atoms with E-state index < -0.39 is 5.60 Å². The van der Waals surface area contributed by atoms with E-state index >= 15 is 0 Å². The van der Waals surface area contributed by atoms with Gasteiger partial charge in [0.2, 0.25) is 0 Å². The molecule has 3 nitrogen and oxygen atoms in total. The molecule has 0 saturated carbocycles. The van der Waals surface area contributed by atoms with Crippen LogP contribution in [0.1, 0.15) is 39.5 Å². The Balaban J connectivity index is 2.08. The van der Waals surface area contributed by atoms with E-state index in [1.165, 1.54) is 0 Å². The largest absolute Gasteiger partial charge is 0.393 e. The molecule has 0 radical (unpaired) electrons. The third-order valence-corrected chi connectivity index (χ3v) is 4.14. The van der Waals surface area contributed by atoms with Crippen molar-refractivity contribution in [2.75, 3.05) is 6.61 Å². The summed E-state index contributed by atoms with van der Waals surface area (Å²) < 4.78 is 12.2. The number of aliphatic hydroxyl groups is 1. The molecule has 2 aliphatic heterocycles. The summed E-state index contributed by atoms with van der Waals surface area (Å²) >= 11 is 0. The molecule has 0 aromatic heterocycles. The van der Waals surface area contributed by atoms with Gasteiger partial charge in [0.15, 0.2) is 0 Å². The maximum atomic E-state index is 9.78. The summed E-state index contributed by atoms with van der Waals surface area (Å²) in [5.41, 5.74) is 3.51. The number of hydrogen-bond donors (Lipinski definition) is 1. The van der Waals surface area contributed by atoms with Gasteiger partial charge >= 0.3 is 0 Å². The molecule has 4 atom stereocenters. The first kappa shape index (κ1) is 14.5. The molecule has 2 fully saturated rings. The van der Waals surface area contributed by atoms with E-state index in [4.69, 9.17) is 9.47 Å². The summed E-state index contributed by atoms with van der Waals surface area (Å²) in [6.45, 7) is 7.69. The number of ether oxygens (including phenoxy) is 2. The molecule has 3 heteroatoms. The fourth-order valence-corrected chi connectivity index (χ4v) is 3.13. The number of fused-ring (bicyclic) bond motifs is 1. The molecule has 0 aliphatic carbocycles. The lowest BCUT2D eigenvalue weighted by molar-refractivity contribution is -0.181. The van der Waals surface area contributed by atoms with E-state index in [0.29, 0.717) is 0 Å². The lowest BCUT2D eigenvalue weighted by Crippen LogP contribution is -2.51. The van der Waals surface area contributed by atoms with Gasteiger partial charge in [0.1, 0.15) is 5.60 Å². The normalized spacial score (nSPS) is 38.2. The summed E-state index contributed by atoms with van der Waals surface area (Å²) in [6, 6.07) is 0. The van der Waals surface area contributed by atoms with Crippen LogP contribution in [-0.2, 0) is 9.47 Å². The molecule has 106 valence electrons. The molecule has 0 aromatic carbocycles. The summed E-state index contributed by atoms with van der Waals surface area (Å²) in [5.74, 6) is 0. The molecule has 19 heavy (non-hydrogen) atoms. The minimum atomic E-state index is -0.519. The Kier molecular flexibility index (Phi) is 4.64. The van der Waals surface area contributed by atoms with Gasteiger partial charge in [-0.25, -0.2) is 0 Å². The van der Waals surface area contributed by atoms with Crippen LogP contribution in [-0.4, -0.2) is 35.6 Å². The van der Waals surface area contributed by atoms with Gasteiger partial charge in [-0.15, -0.1) is 5.73 Å². The van der Waals surface area contributed by atoms with Crippen LogP contribution in [0.4, 0.5) is 0 Å². The Hall–Kier alpha value is -0.860. The van der Waals surface area contributed by atoms with Crippen molar-refractivity contribution >= 4 is 0 Å². The second kappa shape index (κ2) is 6.06. The molecule has 0 spiro atoms. The van der Waals surface area contributed by atoms with Crippen molar-refractivity contribution in [3.05, 3.63) is 30.0 Å². The summed E-state index contributed by atoms with van der Waals surface area (Å²) in [5, 5.41) is 9.78. The number of aliphatic hydroxyl groups excluding tert-OH is 1. The second-order valence-electron chi connectivity index (χ2n) is 5.59. The summed E-state index contributed by atoms with van der Waals surface area (Å²) in [4.78, 5) is 0. The molecule has 2 aliphatic rings. The first-order valence-corrected chi connectivity index (χ1v) is 7.06. The van der Waals surface area contributed by atoms with Crippen molar-refractivity contribution in [2.45, 2.75) is 63.4 Å². The Morgan fingerprint density at radius 2 is 2.32 bits per heavy atom. The molecule has 0 aromatic rings. The van der Waals surface area contributed by atoms with Crippen LogP contribution in [0.25, 0.3) is 0 Å². The van der Waals surface area contributed by atoms with Crippen LogP contribution >= 0.6 is 0 Å². The molecule has 2 heterocycles. The van der Waals surface area contributed by atoms with E-state index in [-0.39, 0.29) is 24.9 Å². The predicted molar refractivity (Wildman–Crippen MR) is 75.0 cm³/mol. The van der Waals surface area contributed by atoms with Gasteiger partial charge in [-0.1, -0.05) is 18.7 Å². The Morgan fingerprint density at radius 1 is 1.53 bits per heavy atom. The zero-order valence-corrected chi connectivity index (χ0v) is 11.9. The fraction of sp³-hybridized carbons (Fsp3) is 0.688. The summed E-state index contributed by atoms with van der Waals surface area (Å²) in [6.07, 6.45) is 7.76. The van der Waals surface area contributed by atoms with Crippen LogP contribution in [0, 0.1) is 0 Å². The van der Waals surface area contributed by atoms with Gasteiger partial charge in [-0.05, 0) is 32.3 Å². The number of rotatable bonds is 4. The minimum Gasteiger partial charge on any atom is -0.393 e. The molecule has 1 N–H and O–H groups in total. The molecular formula is C16H24O3. The average molecular weight is 264 g/mol. The zero-order chi connectivity index (χ0) is 13.9. The van der Waals surface area contributed by atoms with Crippen LogP contribution in [0.3, 0.4) is 0 Å². The molecule has 0 unspecified atom stereocenters. The highest BCUT2D eigenvalue weighted by atomic mass is 16.6. The average Bonchev–Trinajstić information content (AvgIpc) is 2.77. The molecule has 0 amide bonds. The Bertz CT molecular complexity index is 395. The van der Waals surface area contributed by atoms with Gasteiger partial charge in [0.05, 0.1) is 24.9 Å². The van der Waals surface area contributed by atoms with Crippen molar-refractivity contribution in [2.24, 2.45) is 0 Å². The smallest absolute Gasteiger partial charge is 0.120 e. The maximum Gasteiger partial charge on any atom is 0.120 e. The monoisotopic (exact) mass is 264 g/mol. The van der Waals surface area contributed by atoms with Crippen molar-refractivity contribution in [1.82, 2.24) is 0 Å². The molecule has 0 bridgehead atoms. The zero-order valence-electron chi connectivity index (χ0n) is 11.9. The lowest BCUT2D eigenvalue weighted by atomic mass is 9.86. The lowest BCUT2D eigenvalue weighted by Gasteiger charge is -2.40. The number of allylic oxidation sites excluding steroid dienone is 1. The third kappa shape index (κ3) is 3.01. The molecular weight excluding hydrogens is 240 g/mol. The molecule has 2 rings (SSSR count). The first-order chi connectivity index (χ1) is 9.13. The Morgan fingerprint density at radius 3 is 2.95 bits per heavy atom. The van der Waals surface area contributed by atoms with E-state index in [2.05, 4.69) is 12.3 Å². The van der Waals surface area contributed by atoms with Crippen LogP contribution in [0.5, 0.6) is 0 Å². The maximum absolute atomic E-state index is 9.78. The van der Waals surface area contributed by atoms with Crippen LogP contribution < -0.4 is 0 Å². The van der Waals surface area contributed by atoms with Gasteiger partial charge in [0, 0.05) is 12.8 Å². The van der Waals surface area contributed by atoms with Crippen molar-refractivity contribution in [3.63, 3.8) is 0 Å². The Labute approximate surface area is 115 Å². The SMILES string of the molecule is C=C=C(C)C[C@H]1CC[C@@H]2O[C@@H](/C=C/C)C[C@]2(CO)O1. The fourth-order valence-electron chi connectivity index (χ4n) is 3.13. The first-order valence-electron chi connectivity index (χ1n) is 7.06. The van der Waals surface area contributed by atoms with E-state index in [1.54, 1.807) is 0 Å². The van der Waals surface area contributed by atoms with Crippen molar-refractivity contribution in [3.8, 4) is 0 Å². The van der Waals surface area contributed by atoms with Crippen LogP contribution in [0.2, 0.25) is 0 Å². The van der Waals surface area contributed by atoms with Gasteiger partial charge in [-0.3, -0.25) is 0 Å². The minimum absolute atomic E-state index is 0.0166. The quantitative estimate of drug-likeness (QED) is 0.627. The highest BCUT2D eigenvalue weighted by Crippen LogP contribution is 2.42. The van der Waals surface area contributed by atoms with Crippen molar-refractivity contribution in [1.29, 1.82) is 0 Å². The van der Waals surface area contributed by atoms with Crippen molar-refractivity contribution < 1.29 is 14.6 Å². The molecule has 2 saturated heterocycles. The van der Waals surface area contributed by atoms with E-state index in [9.17, 15) is 5.11 Å². The highest BCUT2D eigenvalue weighted by Gasteiger charge is 2.52. The predicted octanol–water partition coefficient (Wildman–Crippen LogP) is 2.75. The van der Waals surface area contributed by atoms with Gasteiger partial charge < -0.3 is 14.6 Å². The summed E-state index contributed by atoms with van der Waals surface area (Å²) in [7, 11) is 0. The van der Waals surface area contributed by atoms with E-state index in [1.807, 2.05) is 26.0 Å². The van der Waals surface area contributed by atoms with E-state index in [0.717, 1.165) is 31.3 Å². The highest BCUT2D eigenvalue weighted by molar-refractivity contribution is 5.07. The number of hydrogen-bond acceptors (Lipinski definition) is 3. The van der Waals surface area contributed by atoms with Crippen LogP contribution in [0.15, 0.2) is 30.0 Å². The second-order valence-corrected chi connectivity index (χ2v) is 5.59. The standard InChI is InChI=1S/C16H24O3/c1-4-6-14-10-16(11-17)15(18-14)8-7-13(19-16)9-12(3)5-2/h4,6,13-15,17H,2,7-11H2,1,3H3/b6-4+/t13-,14+,15+,16-/m1/s1. The van der Waals surface area contributed by atoms with Gasteiger partial charge in [-0.2, -0.15) is 0 Å².